The van der Waals surface area contributed by atoms with E-state index in [1.54, 1.807) is 0 Å². The minimum Gasteiger partial charge on any atom is -0.352 e. The highest BCUT2D eigenvalue weighted by Crippen LogP contribution is 2.50. The molecule has 102 valence electrons. The predicted molar refractivity (Wildman–Crippen MR) is 75.1 cm³/mol. The number of hydrogen-bond acceptors (Lipinski definition) is 1. The van der Waals surface area contributed by atoms with Gasteiger partial charge in [-0.2, -0.15) is 0 Å². The fourth-order valence-corrected chi connectivity index (χ4v) is 4.24. The molecule has 2 aliphatic rings. The van der Waals surface area contributed by atoms with Crippen molar-refractivity contribution in [3.05, 3.63) is 11.6 Å². The molecule has 0 aromatic carbocycles. The summed E-state index contributed by atoms with van der Waals surface area (Å²) in [4.78, 5) is 11.1. The standard InChI is InChI=1S/C16H27NO/c1-11(2)14-6-5-13(4)16(17-10-18)8-7-12(3)9-15(14)16/h9-11,13-15H,5-8H2,1-4H3,(H,17,18). The molecule has 1 N–H and O–H groups in total. The number of rotatable bonds is 3. The zero-order chi connectivity index (χ0) is 13.3. The third-order valence-electron chi connectivity index (χ3n) is 5.45. The van der Waals surface area contributed by atoms with Gasteiger partial charge in [-0.05, 0) is 50.4 Å². The summed E-state index contributed by atoms with van der Waals surface area (Å²) in [5, 5.41) is 3.23. The van der Waals surface area contributed by atoms with E-state index in [1.165, 1.54) is 18.4 Å². The Hall–Kier alpha value is -0.790. The molecule has 1 amide bonds. The van der Waals surface area contributed by atoms with E-state index in [0.717, 1.165) is 19.3 Å². The highest BCUT2D eigenvalue weighted by molar-refractivity contribution is 5.49. The molecular formula is C16H27NO. The van der Waals surface area contributed by atoms with Gasteiger partial charge in [0.1, 0.15) is 0 Å². The predicted octanol–water partition coefficient (Wildman–Crippen LogP) is 3.53. The molecule has 0 aromatic rings. The van der Waals surface area contributed by atoms with Crippen molar-refractivity contribution in [2.75, 3.05) is 0 Å². The maximum Gasteiger partial charge on any atom is 0.207 e. The monoisotopic (exact) mass is 249 g/mol. The highest BCUT2D eigenvalue weighted by atomic mass is 16.1. The highest BCUT2D eigenvalue weighted by Gasteiger charge is 2.50. The van der Waals surface area contributed by atoms with Crippen molar-refractivity contribution >= 4 is 6.41 Å². The molecule has 2 aliphatic carbocycles. The number of carbonyl (C=O) groups is 1. The maximum absolute atomic E-state index is 11.1. The SMILES string of the molecule is CC1=CC2C(C(C)C)CCC(C)C2(NC=O)CC1. The fraction of sp³-hybridized carbons (Fsp3) is 0.812. The molecule has 4 unspecified atom stereocenters. The topological polar surface area (TPSA) is 29.1 Å². The van der Waals surface area contributed by atoms with E-state index in [9.17, 15) is 4.79 Å². The van der Waals surface area contributed by atoms with E-state index in [4.69, 9.17) is 0 Å². The van der Waals surface area contributed by atoms with Crippen LogP contribution in [0, 0.1) is 23.7 Å². The van der Waals surface area contributed by atoms with E-state index in [2.05, 4.69) is 39.1 Å². The largest absolute Gasteiger partial charge is 0.352 e. The summed E-state index contributed by atoms with van der Waals surface area (Å²) in [6, 6.07) is 0. The van der Waals surface area contributed by atoms with E-state index < -0.39 is 0 Å². The number of fused-ring (bicyclic) bond motifs is 1. The lowest BCUT2D eigenvalue weighted by Crippen LogP contribution is -2.61. The molecule has 0 heterocycles. The van der Waals surface area contributed by atoms with Gasteiger partial charge < -0.3 is 5.32 Å². The van der Waals surface area contributed by atoms with Gasteiger partial charge in [-0.15, -0.1) is 0 Å². The van der Waals surface area contributed by atoms with Crippen LogP contribution < -0.4 is 5.32 Å². The van der Waals surface area contributed by atoms with Crippen molar-refractivity contribution in [2.45, 2.75) is 58.9 Å². The molecule has 0 saturated heterocycles. The second kappa shape index (κ2) is 5.07. The summed E-state index contributed by atoms with van der Waals surface area (Å²) in [6.07, 6.45) is 8.18. The minimum atomic E-state index is 0.0223. The zero-order valence-electron chi connectivity index (χ0n) is 12.2. The number of hydrogen-bond donors (Lipinski definition) is 1. The fourth-order valence-electron chi connectivity index (χ4n) is 4.24. The molecule has 1 fully saturated rings. The smallest absolute Gasteiger partial charge is 0.207 e. The van der Waals surface area contributed by atoms with Crippen LogP contribution in [0.25, 0.3) is 0 Å². The van der Waals surface area contributed by atoms with Crippen LogP contribution >= 0.6 is 0 Å². The van der Waals surface area contributed by atoms with Crippen LogP contribution in [0.1, 0.15) is 53.4 Å². The van der Waals surface area contributed by atoms with Crippen LogP contribution in [0.4, 0.5) is 0 Å². The lowest BCUT2D eigenvalue weighted by atomic mass is 9.55. The average molecular weight is 249 g/mol. The summed E-state index contributed by atoms with van der Waals surface area (Å²) in [6.45, 7) is 9.20. The molecule has 0 spiro atoms. The Labute approximate surface area is 111 Å². The summed E-state index contributed by atoms with van der Waals surface area (Å²) < 4.78 is 0. The lowest BCUT2D eigenvalue weighted by Gasteiger charge is -2.54. The Kier molecular flexibility index (Phi) is 3.84. The molecule has 2 heteroatoms. The van der Waals surface area contributed by atoms with Gasteiger partial charge in [0.2, 0.25) is 6.41 Å². The van der Waals surface area contributed by atoms with E-state index in [1.807, 2.05) is 0 Å². The Bertz CT molecular complexity index is 347. The van der Waals surface area contributed by atoms with Gasteiger partial charge in [-0.3, -0.25) is 4.79 Å². The Morgan fingerprint density at radius 1 is 1.44 bits per heavy atom. The van der Waals surface area contributed by atoms with Gasteiger partial charge in [-0.1, -0.05) is 32.4 Å². The second-order valence-electron chi connectivity index (χ2n) is 6.73. The first-order chi connectivity index (χ1) is 8.51. The number of allylic oxidation sites excluding steroid dienone is 1. The molecule has 0 radical (unpaired) electrons. The van der Waals surface area contributed by atoms with Crippen molar-refractivity contribution in [2.24, 2.45) is 23.7 Å². The Morgan fingerprint density at radius 2 is 2.17 bits per heavy atom. The van der Waals surface area contributed by atoms with Crippen molar-refractivity contribution in [3.63, 3.8) is 0 Å². The first kappa shape index (κ1) is 13.6. The first-order valence-electron chi connectivity index (χ1n) is 7.40. The molecule has 0 bridgehead atoms. The molecule has 18 heavy (non-hydrogen) atoms. The number of carbonyl (C=O) groups excluding carboxylic acids is 1. The Morgan fingerprint density at radius 3 is 2.78 bits per heavy atom. The van der Waals surface area contributed by atoms with Gasteiger partial charge in [0.15, 0.2) is 0 Å². The van der Waals surface area contributed by atoms with Crippen molar-refractivity contribution in [1.29, 1.82) is 0 Å². The molecular weight excluding hydrogens is 222 g/mol. The number of amides is 1. The normalized spacial score (nSPS) is 40.1. The van der Waals surface area contributed by atoms with E-state index in [0.29, 0.717) is 23.7 Å². The van der Waals surface area contributed by atoms with Crippen molar-refractivity contribution in [1.82, 2.24) is 5.32 Å². The molecule has 4 atom stereocenters. The van der Waals surface area contributed by atoms with E-state index in [-0.39, 0.29) is 5.54 Å². The third-order valence-corrected chi connectivity index (χ3v) is 5.45. The average Bonchev–Trinajstić information content (AvgIpc) is 2.31. The Balaban J connectivity index is 2.39. The molecule has 0 aromatic heterocycles. The quantitative estimate of drug-likeness (QED) is 0.601. The lowest BCUT2D eigenvalue weighted by molar-refractivity contribution is -0.114. The number of nitrogens with one attached hydrogen (secondary N) is 1. The maximum atomic E-state index is 11.1. The minimum absolute atomic E-state index is 0.0223. The van der Waals surface area contributed by atoms with Crippen molar-refractivity contribution < 1.29 is 4.79 Å². The van der Waals surface area contributed by atoms with Crippen LogP contribution in [-0.4, -0.2) is 11.9 Å². The summed E-state index contributed by atoms with van der Waals surface area (Å²) in [5.41, 5.74) is 1.53. The summed E-state index contributed by atoms with van der Waals surface area (Å²) in [7, 11) is 0. The van der Waals surface area contributed by atoms with Crippen LogP contribution in [0.5, 0.6) is 0 Å². The summed E-state index contributed by atoms with van der Waals surface area (Å²) >= 11 is 0. The van der Waals surface area contributed by atoms with Crippen LogP contribution in [-0.2, 0) is 4.79 Å². The zero-order valence-corrected chi connectivity index (χ0v) is 12.2. The molecule has 2 nitrogen and oxygen atoms in total. The first-order valence-corrected chi connectivity index (χ1v) is 7.40. The van der Waals surface area contributed by atoms with Gasteiger partial charge in [0, 0.05) is 11.5 Å². The van der Waals surface area contributed by atoms with Crippen LogP contribution in [0.3, 0.4) is 0 Å². The molecule has 0 aliphatic heterocycles. The van der Waals surface area contributed by atoms with Crippen molar-refractivity contribution in [3.8, 4) is 0 Å². The van der Waals surface area contributed by atoms with Gasteiger partial charge in [-0.25, -0.2) is 0 Å². The van der Waals surface area contributed by atoms with Gasteiger partial charge in [0.05, 0.1) is 0 Å². The van der Waals surface area contributed by atoms with Crippen LogP contribution in [0.15, 0.2) is 11.6 Å². The van der Waals surface area contributed by atoms with Crippen LogP contribution in [0.2, 0.25) is 0 Å². The van der Waals surface area contributed by atoms with E-state index >= 15 is 0 Å². The molecule has 2 rings (SSSR count). The third kappa shape index (κ3) is 2.10. The summed E-state index contributed by atoms with van der Waals surface area (Å²) in [5.74, 6) is 2.52. The second-order valence-corrected chi connectivity index (χ2v) is 6.73. The molecule has 1 saturated carbocycles. The van der Waals surface area contributed by atoms with Gasteiger partial charge in [0.25, 0.3) is 0 Å². The van der Waals surface area contributed by atoms with Gasteiger partial charge >= 0.3 is 0 Å².